The van der Waals surface area contributed by atoms with Gasteiger partial charge in [-0.3, -0.25) is 4.79 Å². The second kappa shape index (κ2) is 2.20. The van der Waals surface area contributed by atoms with Gasteiger partial charge < -0.3 is 4.42 Å². The molecule has 0 amide bonds. The average molecular weight is 146 g/mol. The first-order valence-electron chi connectivity index (χ1n) is 3.14. The molecule has 0 atom stereocenters. The minimum absolute atomic E-state index is 0.299. The fourth-order valence-electron chi connectivity index (χ4n) is 0.906. The molecule has 0 N–H and O–H groups in total. The summed E-state index contributed by atoms with van der Waals surface area (Å²) in [6.45, 7) is 0. The van der Waals surface area contributed by atoms with E-state index in [9.17, 15) is 4.79 Å². The highest BCUT2D eigenvalue weighted by Crippen LogP contribution is 2.05. The number of hydrogen-bond acceptors (Lipinski definition) is 3. The molecule has 0 bridgehead atoms. The van der Waals surface area contributed by atoms with Crippen LogP contribution < -0.4 is 5.56 Å². The molecule has 11 heavy (non-hydrogen) atoms. The summed E-state index contributed by atoms with van der Waals surface area (Å²) in [5, 5.41) is 0.492. The standard InChI is InChI=1S/C8H4NO2/c10-8-6-3-1-2-4-7(6)11-5-9-8/h1-4H. The van der Waals surface area contributed by atoms with Crippen molar-refractivity contribution in [2.24, 2.45) is 0 Å². The third-order valence-electron chi connectivity index (χ3n) is 1.42. The number of fused-ring (bicyclic) bond motifs is 1. The lowest BCUT2D eigenvalue weighted by Gasteiger charge is -1.89. The summed E-state index contributed by atoms with van der Waals surface area (Å²) in [4.78, 5) is 14.3. The van der Waals surface area contributed by atoms with Crippen LogP contribution >= 0.6 is 0 Å². The molecule has 1 heterocycles. The van der Waals surface area contributed by atoms with Crippen molar-refractivity contribution in [2.45, 2.75) is 0 Å². The highest BCUT2D eigenvalue weighted by molar-refractivity contribution is 5.74. The molecule has 2 aromatic rings. The lowest BCUT2D eigenvalue weighted by atomic mass is 10.3. The van der Waals surface area contributed by atoms with Gasteiger partial charge >= 0.3 is 0 Å². The van der Waals surface area contributed by atoms with Crippen LogP contribution in [0.3, 0.4) is 0 Å². The second-order valence-electron chi connectivity index (χ2n) is 2.11. The van der Waals surface area contributed by atoms with Gasteiger partial charge in [-0.1, -0.05) is 12.1 Å². The third-order valence-corrected chi connectivity index (χ3v) is 1.42. The second-order valence-corrected chi connectivity index (χ2v) is 2.11. The molecule has 3 nitrogen and oxygen atoms in total. The summed E-state index contributed by atoms with van der Waals surface area (Å²) in [6.07, 6.45) is 2.17. The molecule has 0 unspecified atom stereocenters. The summed E-state index contributed by atoms with van der Waals surface area (Å²) in [6, 6.07) is 6.93. The normalized spacial score (nSPS) is 10.2. The highest BCUT2D eigenvalue weighted by atomic mass is 16.3. The quantitative estimate of drug-likeness (QED) is 0.556. The van der Waals surface area contributed by atoms with Crippen molar-refractivity contribution in [3.8, 4) is 0 Å². The summed E-state index contributed by atoms with van der Waals surface area (Å²) in [7, 11) is 0. The van der Waals surface area contributed by atoms with Crippen LogP contribution in [0.4, 0.5) is 0 Å². The minimum Gasteiger partial charge on any atom is -0.434 e. The van der Waals surface area contributed by atoms with E-state index in [1.807, 2.05) is 0 Å². The van der Waals surface area contributed by atoms with E-state index in [1.54, 1.807) is 24.3 Å². The first kappa shape index (κ1) is 6.09. The maximum Gasteiger partial charge on any atom is 0.287 e. The van der Waals surface area contributed by atoms with Crippen molar-refractivity contribution in [2.75, 3.05) is 0 Å². The van der Waals surface area contributed by atoms with Gasteiger partial charge in [0.05, 0.1) is 5.39 Å². The van der Waals surface area contributed by atoms with Gasteiger partial charge in [-0.25, -0.2) is 0 Å². The van der Waals surface area contributed by atoms with Crippen LogP contribution in [0.25, 0.3) is 11.0 Å². The molecule has 0 aliphatic rings. The van der Waals surface area contributed by atoms with E-state index in [0.29, 0.717) is 11.0 Å². The van der Waals surface area contributed by atoms with Crippen LogP contribution in [0.1, 0.15) is 0 Å². The number of nitrogens with zero attached hydrogens (tertiary/aromatic N) is 1. The maximum absolute atomic E-state index is 11.0. The highest BCUT2D eigenvalue weighted by Gasteiger charge is 1.97. The fourth-order valence-corrected chi connectivity index (χ4v) is 0.906. The Bertz CT molecular complexity index is 428. The smallest absolute Gasteiger partial charge is 0.287 e. The van der Waals surface area contributed by atoms with Gasteiger partial charge in [0.25, 0.3) is 12.0 Å². The topological polar surface area (TPSA) is 43.1 Å². The molecule has 0 saturated heterocycles. The SMILES string of the molecule is O=c1n[c]oc2ccccc12. The molecule has 3 heteroatoms. The molecule has 1 radical (unpaired) electrons. The Balaban J connectivity index is 3.03. The number of benzene rings is 1. The van der Waals surface area contributed by atoms with E-state index in [1.165, 1.54) is 0 Å². The van der Waals surface area contributed by atoms with Crippen molar-refractivity contribution in [3.63, 3.8) is 0 Å². The zero-order valence-electron chi connectivity index (χ0n) is 5.57. The van der Waals surface area contributed by atoms with Gasteiger partial charge in [0.1, 0.15) is 5.58 Å². The summed E-state index contributed by atoms with van der Waals surface area (Å²) in [5.41, 5.74) is 0.222. The molecule has 1 aromatic carbocycles. The predicted octanol–water partition coefficient (Wildman–Crippen LogP) is 0.988. The number of para-hydroxylation sites is 1. The lowest BCUT2D eigenvalue weighted by Crippen LogP contribution is -2.03. The lowest BCUT2D eigenvalue weighted by molar-refractivity contribution is 0.565. The summed E-state index contributed by atoms with van der Waals surface area (Å²) in [5.74, 6) is 0. The Labute approximate surface area is 62.3 Å². The van der Waals surface area contributed by atoms with Gasteiger partial charge in [-0.2, -0.15) is 4.98 Å². The number of aromatic nitrogens is 1. The number of rotatable bonds is 0. The molecule has 1 aromatic heterocycles. The molecular formula is C8H4NO2. The van der Waals surface area contributed by atoms with E-state index < -0.39 is 0 Å². The Hall–Kier alpha value is -1.64. The first-order chi connectivity index (χ1) is 5.38. The van der Waals surface area contributed by atoms with E-state index in [4.69, 9.17) is 4.42 Å². The monoisotopic (exact) mass is 146 g/mol. The summed E-state index contributed by atoms with van der Waals surface area (Å²) < 4.78 is 4.86. The van der Waals surface area contributed by atoms with Crippen LogP contribution in [0.2, 0.25) is 0 Å². The van der Waals surface area contributed by atoms with Crippen molar-refractivity contribution < 1.29 is 4.42 Å². The number of hydrogen-bond donors (Lipinski definition) is 0. The maximum atomic E-state index is 11.0. The molecule has 0 saturated carbocycles. The first-order valence-corrected chi connectivity index (χ1v) is 3.14. The molecule has 0 fully saturated rings. The molecule has 2 rings (SSSR count). The van der Waals surface area contributed by atoms with Crippen molar-refractivity contribution >= 4 is 11.0 Å². The fraction of sp³-hybridized carbons (Fsp3) is 0. The van der Waals surface area contributed by atoms with Gasteiger partial charge in [-0.05, 0) is 12.1 Å². The van der Waals surface area contributed by atoms with Crippen LogP contribution in [0, 0.1) is 6.39 Å². The van der Waals surface area contributed by atoms with Gasteiger partial charge in [0.2, 0.25) is 0 Å². The van der Waals surface area contributed by atoms with Crippen molar-refractivity contribution in [1.82, 2.24) is 4.98 Å². The van der Waals surface area contributed by atoms with Crippen LogP contribution in [-0.2, 0) is 0 Å². The van der Waals surface area contributed by atoms with Crippen molar-refractivity contribution in [1.29, 1.82) is 0 Å². The Morgan fingerprint density at radius 2 is 2.18 bits per heavy atom. The Morgan fingerprint density at radius 1 is 1.36 bits per heavy atom. The van der Waals surface area contributed by atoms with E-state index >= 15 is 0 Å². The Kier molecular flexibility index (Phi) is 1.22. The zero-order chi connectivity index (χ0) is 7.68. The molecule has 0 spiro atoms. The van der Waals surface area contributed by atoms with Crippen LogP contribution in [0.15, 0.2) is 33.5 Å². The van der Waals surface area contributed by atoms with Gasteiger partial charge in [0, 0.05) is 0 Å². The largest absolute Gasteiger partial charge is 0.434 e. The van der Waals surface area contributed by atoms with Crippen LogP contribution in [0.5, 0.6) is 0 Å². The van der Waals surface area contributed by atoms with E-state index in [-0.39, 0.29) is 5.56 Å². The third kappa shape index (κ3) is 0.902. The van der Waals surface area contributed by atoms with Gasteiger partial charge in [0.15, 0.2) is 0 Å². The summed E-state index contributed by atoms with van der Waals surface area (Å²) >= 11 is 0. The predicted molar refractivity (Wildman–Crippen MR) is 39.1 cm³/mol. The molecule has 0 aliphatic carbocycles. The average Bonchev–Trinajstić information content (AvgIpc) is 2.06. The van der Waals surface area contributed by atoms with E-state index in [2.05, 4.69) is 11.4 Å². The van der Waals surface area contributed by atoms with E-state index in [0.717, 1.165) is 0 Å². The molecule has 0 aliphatic heterocycles. The molecule has 53 valence electrons. The minimum atomic E-state index is -0.299. The Morgan fingerprint density at radius 3 is 3.00 bits per heavy atom. The zero-order valence-corrected chi connectivity index (χ0v) is 5.57. The molecular weight excluding hydrogens is 142 g/mol. The van der Waals surface area contributed by atoms with Gasteiger partial charge in [-0.15, -0.1) is 0 Å². The van der Waals surface area contributed by atoms with Crippen molar-refractivity contribution in [3.05, 3.63) is 41.0 Å². The van der Waals surface area contributed by atoms with Crippen LogP contribution in [-0.4, -0.2) is 4.98 Å².